The zero-order valence-corrected chi connectivity index (χ0v) is 27.7. The van der Waals surface area contributed by atoms with Gasteiger partial charge in [-0.25, -0.2) is 4.79 Å². The highest BCUT2D eigenvalue weighted by Gasteiger charge is 2.50. The van der Waals surface area contributed by atoms with E-state index in [0.29, 0.717) is 12.0 Å². The number of aliphatic hydroxyl groups excluding tert-OH is 1. The number of rotatable bonds is 14. The normalized spacial score (nSPS) is 26.0. The molecule has 0 radical (unpaired) electrons. The monoisotopic (exact) mass is 607 g/mol. The average molecular weight is 608 g/mol. The Labute approximate surface area is 257 Å². The fourth-order valence-corrected chi connectivity index (χ4v) is 5.67. The molecule has 1 aliphatic heterocycles. The van der Waals surface area contributed by atoms with Crippen LogP contribution in [0.15, 0.2) is 30.3 Å². The lowest BCUT2D eigenvalue weighted by molar-refractivity contribution is -0.300. The molecule has 43 heavy (non-hydrogen) atoms. The number of methoxy groups -OCH3 is 1. The first-order valence-corrected chi connectivity index (χ1v) is 15.1. The Kier molecular flexibility index (Phi) is 13.3. The standard InChI is InChI=1S/C33H53NO9/c1-20(19-35)18-33(8,39-11)28(22(3)26(36)23(4)29(37)43-32(5,6)7)42-31-27(25(34(9)10)17-21(2)40-31)41-30(38)24-15-13-12-14-16-24/h12-16,19-23,25-28,31,36H,17-18H2,1-11H3/t20-,21-,22+,23-,25+,26+,27-,28-,31?,33-/m1/s1. The van der Waals surface area contributed by atoms with Crippen LogP contribution >= 0.6 is 0 Å². The molecule has 10 nitrogen and oxygen atoms in total. The summed E-state index contributed by atoms with van der Waals surface area (Å²) in [5, 5.41) is 11.5. The second-order valence-electron chi connectivity index (χ2n) is 13.4. The van der Waals surface area contributed by atoms with Crippen LogP contribution in [0, 0.1) is 17.8 Å². The van der Waals surface area contributed by atoms with E-state index in [1.165, 1.54) is 7.11 Å². The third-order valence-corrected chi connectivity index (χ3v) is 8.12. The van der Waals surface area contributed by atoms with Crippen molar-refractivity contribution in [2.45, 2.75) is 116 Å². The first kappa shape index (κ1) is 36.8. The van der Waals surface area contributed by atoms with Gasteiger partial charge in [-0.2, -0.15) is 0 Å². The van der Waals surface area contributed by atoms with Crippen molar-refractivity contribution >= 4 is 18.2 Å². The van der Waals surface area contributed by atoms with E-state index in [-0.39, 0.29) is 18.6 Å². The number of hydrogen-bond donors (Lipinski definition) is 1. The Bertz CT molecular complexity index is 1040. The molecule has 0 bridgehead atoms. The molecule has 1 unspecified atom stereocenters. The number of carbonyl (C=O) groups is 3. The van der Waals surface area contributed by atoms with E-state index in [4.69, 9.17) is 23.7 Å². The molecular weight excluding hydrogens is 554 g/mol. The molecule has 10 heteroatoms. The summed E-state index contributed by atoms with van der Waals surface area (Å²) in [4.78, 5) is 39.9. The van der Waals surface area contributed by atoms with Gasteiger partial charge in [-0.05, 0) is 80.6 Å². The number of likely N-dealkylation sites (N-methyl/N-ethyl adjacent to an activating group) is 1. The van der Waals surface area contributed by atoms with Crippen molar-refractivity contribution in [3.8, 4) is 0 Å². The van der Waals surface area contributed by atoms with Crippen LogP contribution in [-0.4, -0.2) is 97.4 Å². The molecule has 2 rings (SSSR count). The number of hydrogen-bond acceptors (Lipinski definition) is 10. The molecule has 0 aromatic heterocycles. The first-order chi connectivity index (χ1) is 19.9. The van der Waals surface area contributed by atoms with Crippen molar-refractivity contribution in [1.82, 2.24) is 4.90 Å². The maximum Gasteiger partial charge on any atom is 0.338 e. The van der Waals surface area contributed by atoms with Crippen LogP contribution in [0.2, 0.25) is 0 Å². The van der Waals surface area contributed by atoms with Crippen LogP contribution in [0.1, 0.15) is 78.6 Å². The van der Waals surface area contributed by atoms with E-state index in [1.807, 2.05) is 32.0 Å². The average Bonchev–Trinajstić information content (AvgIpc) is 2.94. The molecule has 1 aliphatic rings. The van der Waals surface area contributed by atoms with E-state index >= 15 is 0 Å². The second kappa shape index (κ2) is 15.6. The highest BCUT2D eigenvalue weighted by Crippen LogP contribution is 2.37. The van der Waals surface area contributed by atoms with Gasteiger partial charge in [0.25, 0.3) is 0 Å². The minimum absolute atomic E-state index is 0.242. The van der Waals surface area contributed by atoms with E-state index in [9.17, 15) is 19.5 Å². The summed E-state index contributed by atoms with van der Waals surface area (Å²) in [5.41, 5.74) is -1.43. The fourth-order valence-electron chi connectivity index (χ4n) is 5.67. The van der Waals surface area contributed by atoms with Gasteiger partial charge in [0.2, 0.25) is 0 Å². The molecule has 1 N–H and O–H groups in total. The lowest BCUT2D eigenvalue weighted by Crippen LogP contribution is -2.60. The molecular formula is C33H53NO9. The first-order valence-electron chi connectivity index (χ1n) is 15.1. The Morgan fingerprint density at radius 3 is 2.23 bits per heavy atom. The van der Waals surface area contributed by atoms with Gasteiger partial charge < -0.3 is 38.5 Å². The molecule has 0 amide bonds. The summed E-state index contributed by atoms with van der Waals surface area (Å²) < 4.78 is 30.7. The van der Waals surface area contributed by atoms with Crippen LogP contribution in [0.5, 0.6) is 0 Å². The van der Waals surface area contributed by atoms with Crippen molar-refractivity contribution in [2.75, 3.05) is 21.2 Å². The number of carbonyl (C=O) groups excluding carboxylic acids is 3. The number of nitrogens with zero attached hydrogens (tertiary/aromatic N) is 1. The van der Waals surface area contributed by atoms with Gasteiger partial charge in [0, 0.05) is 18.9 Å². The summed E-state index contributed by atoms with van der Waals surface area (Å²) in [7, 11) is 5.32. The van der Waals surface area contributed by atoms with Crippen molar-refractivity contribution in [3.05, 3.63) is 35.9 Å². The van der Waals surface area contributed by atoms with Gasteiger partial charge in [-0.1, -0.05) is 32.0 Å². The molecule has 0 spiro atoms. The van der Waals surface area contributed by atoms with Gasteiger partial charge in [0.05, 0.1) is 41.4 Å². The number of aliphatic hydroxyl groups is 1. The Morgan fingerprint density at radius 2 is 1.72 bits per heavy atom. The van der Waals surface area contributed by atoms with Gasteiger partial charge in [0.15, 0.2) is 12.4 Å². The molecule has 1 heterocycles. The Morgan fingerprint density at radius 1 is 1.12 bits per heavy atom. The predicted octanol–water partition coefficient (Wildman–Crippen LogP) is 4.27. The minimum atomic E-state index is -1.20. The number of ether oxygens (including phenoxy) is 5. The number of esters is 2. The molecule has 10 atom stereocenters. The Hall–Kier alpha value is -2.37. The van der Waals surface area contributed by atoms with Gasteiger partial charge in [0.1, 0.15) is 11.9 Å². The van der Waals surface area contributed by atoms with E-state index < -0.39 is 65.5 Å². The van der Waals surface area contributed by atoms with Crippen molar-refractivity contribution in [2.24, 2.45) is 17.8 Å². The van der Waals surface area contributed by atoms with Crippen molar-refractivity contribution < 1.29 is 43.2 Å². The summed E-state index contributed by atoms with van der Waals surface area (Å²) in [6, 6.07) is 8.45. The smallest absolute Gasteiger partial charge is 0.338 e. The minimum Gasteiger partial charge on any atom is -0.460 e. The quantitative estimate of drug-likeness (QED) is 0.243. The fraction of sp³-hybridized carbons (Fsp3) is 0.727. The van der Waals surface area contributed by atoms with Crippen LogP contribution < -0.4 is 0 Å². The van der Waals surface area contributed by atoms with E-state index in [1.54, 1.807) is 72.7 Å². The topological polar surface area (TPSA) is 121 Å². The number of aldehydes is 1. The van der Waals surface area contributed by atoms with Crippen molar-refractivity contribution in [3.63, 3.8) is 0 Å². The molecule has 1 saturated heterocycles. The van der Waals surface area contributed by atoms with E-state index in [2.05, 4.69) is 0 Å². The summed E-state index contributed by atoms with van der Waals surface area (Å²) in [6.45, 7) is 14.2. The molecule has 0 aliphatic carbocycles. The van der Waals surface area contributed by atoms with E-state index in [0.717, 1.165) is 6.29 Å². The molecule has 1 aromatic rings. The van der Waals surface area contributed by atoms with Crippen molar-refractivity contribution in [1.29, 1.82) is 0 Å². The van der Waals surface area contributed by atoms with Crippen LogP contribution in [0.3, 0.4) is 0 Å². The molecule has 244 valence electrons. The third-order valence-electron chi connectivity index (χ3n) is 8.12. The van der Waals surface area contributed by atoms with Gasteiger partial charge in [-0.15, -0.1) is 0 Å². The summed E-state index contributed by atoms with van der Waals surface area (Å²) in [5.74, 6) is -3.05. The SMILES string of the molecule is CO[C@](C)(C[C@@H](C)C=O)[C@H](OC1O[C@H](C)C[C@H](N(C)C)[C@H]1OC(=O)c1ccccc1)[C@@H](C)[C@H](O)[C@@H](C)C(=O)OC(C)(C)C. The molecule has 1 aromatic carbocycles. The highest BCUT2D eigenvalue weighted by atomic mass is 16.7. The maximum absolute atomic E-state index is 13.2. The van der Waals surface area contributed by atoms with Crippen LogP contribution in [0.25, 0.3) is 0 Å². The highest BCUT2D eigenvalue weighted by molar-refractivity contribution is 5.89. The largest absolute Gasteiger partial charge is 0.460 e. The molecule has 1 fully saturated rings. The lowest BCUT2D eigenvalue weighted by atomic mass is 9.78. The van der Waals surface area contributed by atoms with Gasteiger partial charge >= 0.3 is 11.9 Å². The summed E-state index contributed by atoms with van der Waals surface area (Å²) >= 11 is 0. The number of benzene rings is 1. The lowest BCUT2D eigenvalue weighted by Gasteiger charge is -2.48. The Balaban J connectivity index is 2.53. The zero-order chi connectivity index (χ0) is 32.7. The maximum atomic E-state index is 13.2. The third kappa shape index (κ3) is 10.1. The van der Waals surface area contributed by atoms with Crippen LogP contribution in [0.4, 0.5) is 0 Å². The zero-order valence-electron chi connectivity index (χ0n) is 27.7. The molecule has 0 saturated carbocycles. The summed E-state index contributed by atoms with van der Waals surface area (Å²) in [6.07, 6.45) is -2.52. The van der Waals surface area contributed by atoms with Gasteiger partial charge in [-0.3, -0.25) is 4.79 Å². The predicted molar refractivity (Wildman–Crippen MR) is 162 cm³/mol. The van der Waals surface area contributed by atoms with Crippen LogP contribution in [-0.2, 0) is 33.3 Å². The second-order valence-corrected chi connectivity index (χ2v) is 13.4.